The number of nitrogens with one attached hydrogen (secondary N) is 3. The van der Waals surface area contributed by atoms with Crippen LogP contribution in [0.1, 0.15) is 20.7 Å². The number of aliphatic hydroxyl groups excluding tert-OH is 1. The summed E-state index contributed by atoms with van der Waals surface area (Å²) in [7, 11) is 0. The van der Waals surface area contributed by atoms with Gasteiger partial charge in [-0.15, -0.1) is 13.2 Å². The molecule has 33 heavy (non-hydrogen) atoms. The van der Waals surface area contributed by atoms with E-state index in [4.69, 9.17) is 5.11 Å². The van der Waals surface area contributed by atoms with Gasteiger partial charge in [0.15, 0.2) is 0 Å². The Bertz CT molecular complexity index is 1230. The van der Waals surface area contributed by atoms with Crippen molar-refractivity contribution < 1.29 is 32.6 Å². The summed E-state index contributed by atoms with van der Waals surface area (Å²) in [5.41, 5.74) is 3.03. The molecule has 10 heteroatoms. The van der Waals surface area contributed by atoms with Crippen molar-refractivity contribution in [1.29, 1.82) is 0 Å². The van der Waals surface area contributed by atoms with Crippen LogP contribution in [0.15, 0.2) is 60.7 Å². The molecule has 7 nitrogen and oxygen atoms in total. The lowest BCUT2D eigenvalue weighted by Crippen LogP contribution is -2.26. The number of rotatable bonds is 5. The number of alkyl halides is 3. The zero-order valence-electron chi connectivity index (χ0n) is 17.0. The van der Waals surface area contributed by atoms with Gasteiger partial charge in [-0.05, 0) is 47.5 Å². The maximum atomic E-state index is 12.8. The van der Waals surface area contributed by atoms with Crippen molar-refractivity contribution in [2.45, 2.75) is 6.36 Å². The summed E-state index contributed by atoms with van der Waals surface area (Å²) in [6.45, 7) is -0.0470. The Balaban J connectivity index is 1.63. The highest BCUT2D eigenvalue weighted by molar-refractivity contribution is 6.12. The van der Waals surface area contributed by atoms with E-state index in [-0.39, 0.29) is 30.3 Å². The van der Waals surface area contributed by atoms with Crippen LogP contribution in [0.5, 0.6) is 5.75 Å². The molecule has 170 valence electrons. The molecule has 0 saturated carbocycles. The molecule has 3 aromatic rings. The highest BCUT2D eigenvalue weighted by Gasteiger charge is 2.31. The number of fused-ring (bicyclic) bond motifs is 2. The second kappa shape index (κ2) is 8.83. The molecule has 0 atom stereocenters. The molecule has 0 saturated heterocycles. The number of ether oxygens (including phenoxy) is 1. The van der Waals surface area contributed by atoms with Gasteiger partial charge in [-0.1, -0.05) is 18.2 Å². The highest BCUT2D eigenvalue weighted by atomic mass is 19.4. The van der Waals surface area contributed by atoms with Gasteiger partial charge in [-0.2, -0.15) is 0 Å². The number of anilines is 3. The number of aliphatic hydroxyl groups is 1. The quantitative estimate of drug-likeness (QED) is 0.458. The smallest absolute Gasteiger partial charge is 0.406 e. The molecule has 0 radical (unpaired) electrons. The van der Waals surface area contributed by atoms with Crippen LogP contribution in [-0.4, -0.2) is 36.4 Å². The topological polar surface area (TPSA) is 99.7 Å². The Morgan fingerprint density at radius 3 is 2.45 bits per heavy atom. The van der Waals surface area contributed by atoms with E-state index in [1.165, 1.54) is 6.07 Å². The second-order valence-corrected chi connectivity index (χ2v) is 7.15. The molecule has 0 fully saturated rings. The van der Waals surface area contributed by atoms with Crippen molar-refractivity contribution in [3.63, 3.8) is 0 Å². The van der Waals surface area contributed by atoms with Crippen molar-refractivity contribution in [3.05, 3.63) is 71.8 Å². The maximum Gasteiger partial charge on any atom is 0.573 e. The Kier molecular flexibility index (Phi) is 5.93. The fraction of sp³-hybridized carbons (Fsp3) is 0.130. The van der Waals surface area contributed by atoms with Crippen molar-refractivity contribution in [3.8, 4) is 16.9 Å². The Labute approximate surface area is 186 Å². The number of hydrogen-bond donors (Lipinski definition) is 4. The summed E-state index contributed by atoms with van der Waals surface area (Å²) in [4.78, 5) is 25.0. The predicted octanol–water partition coefficient (Wildman–Crippen LogP) is 4.28. The second-order valence-electron chi connectivity index (χ2n) is 7.15. The number of benzene rings is 3. The van der Waals surface area contributed by atoms with Crippen LogP contribution in [0.3, 0.4) is 0 Å². The van der Waals surface area contributed by atoms with Crippen molar-refractivity contribution in [1.82, 2.24) is 5.32 Å². The van der Waals surface area contributed by atoms with Gasteiger partial charge in [0, 0.05) is 18.2 Å². The Morgan fingerprint density at radius 2 is 1.70 bits per heavy atom. The van der Waals surface area contributed by atoms with Gasteiger partial charge in [0.2, 0.25) is 0 Å². The van der Waals surface area contributed by atoms with Crippen LogP contribution in [-0.2, 0) is 0 Å². The first kappa shape index (κ1) is 22.2. The van der Waals surface area contributed by atoms with Gasteiger partial charge >= 0.3 is 6.36 Å². The van der Waals surface area contributed by atoms with E-state index in [2.05, 4.69) is 20.7 Å². The summed E-state index contributed by atoms with van der Waals surface area (Å²) < 4.78 is 41.5. The summed E-state index contributed by atoms with van der Waals surface area (Å²) >= 11 is 0. The number of amides is 2. The van der Waals surface area contributed by atoms with Gasteiger partial charge in [0.1, 0.15) is 5.75 Å². The van der Waals surface area contributed by atoms with Crippen LogP contribution >= 0.6 is 0 Å². The monoisotopic (exact) mass is 457 g/mol. The van der Waals surface area contributed by atoms with Crippen molar-refractivity contribution in [2.75, 3.05) is 23.8 Å². The summed E-state index contributed by atoms with van der Waals surface area (Å²) in [5.74, 6) is -1.31. The molecule has 0 aromatic heterocycles. The SMILES string of the molecule is O=C(NCCO)c1cccc(-c2ccc3c(c2)C(=O)Nc2cc(OC(F)(F)F)ccc2N3)c1. The van der Waals surface area contributed by atoms with Crippen molar-refractivity contribution in [2.24, 2.45) is 0 Å². The third kappa shape index (κ3) is 5.07. The molecule has 0 unspecified atom stereocenters. The van der Waals surface area contributed by atoms with E-state index < -0.39 is 18.0 Å². The lowest BCUT2D eigenvalue weighted by Gasteiger charge is -2.13. The largest absolute Gasteiger partial charge is 0.573 e. The summed E-state index contributed by atoms with van der Waals surface area (Å²) in [6, 6.07) is 15.5. The molecule has 1 aliphatic rings. The number of carbonyl (C=O) groups is 2. The molecular weight excluding hydrogens is 439 g/mol. The number of halogens is 3. The normalized spacial score (nSPS) is 12.5. The van der Waals surface area contributed by atoms with Crippen LogP contribution < -0.4 is 20.7 Å². The average molecular weight is 457 g/mol. The minimum Gasteiger partial charge on any atom is -0.406 e. The minimum absolute atomic E-state index is 0.129. The summed E-state index contributed by atoms with van der Waals surface area (Å²) in [5, 5.41) is 17.1. The van der Waals surface area contributed by atoms with Gasteiger partial charge in [-0.25, -0.2) is 0 Å². The van der Waals surface area contributed by atoms with Crippen LogP contribution in [0.4, 0.5) is 30.2 Å². The first-order valence-corrected chi connectivity index (χ1v) is 9.85. The Hall–Kier alpha value is -4.05. The maximum absolute atomic E-state index is 12.8. The van der Waals surface area contributed by atoms with Crippen LogP contribution in [0.2, 0.25) is 0 Å². The number of hydrogen-bond acceptors (Lipinski definition) is 5. The third-order valence-corrected chi connectivity index (χ3v) is 4.86. The molecule has 0 spiro atoms. The highest BCUT2D eigenvalue weighted by Crippen LogP contribution is 2.37. The molecule has 1 heterocycles. The zero-order valence-corrected chi connectivity index (χ0v) is 17.0. The predicted molar refractivity (Wildman–Crippen MR) is 116 cm³/mol. The van der Waals surface area contributed by atoms with Gasteiger partial charge < -0.3 is 25.8 Å². The average Bonchev–Trinajstić information content (AvgIpc) is 2.91. The van der Waals surface area contributed by atoms with E-state index >= 15 is 0 Å². The lowest BCUT2D eigenvalue weighted by atomic mass is 9.99. The fourth-order valence-electron chi connectivity index (χ4n) is 3.40. The Morgan fingerprint density at radius 1 is 0.939 bits per heavy atom. The molecule has 2 amide bonds. The number of carbonyl (C=O) groups excluding carboxylic acids is 2. The summed E-state index contributed by atoms with van der Waals surface area (Å²) in [6.07, 6.45) is -4.85. The molecular formula is C23H18F3N3O4. The van der Waals surface area contributed by atoms with E-state index in [0.717, 1.165) is 12.1 Å². The van der Waals surface area contributed by atoms with Gasteiger partial charge in [0.25, 0.3) is 11.8 Å². The van der Waals surface area contributed by atoms with Crippen LogP contribution in [0, 0.1) is 0 Å². The fourth-order valence-corrected chi connectivity index (χ4v) is 3.40. The zero-order chi connectivity index (χ0) is 23.6. The van der Waals surface area contributed by atoms with Gasteiger partial charge in [0.05, 0.1) is 29.2 Å². The molecule has 3 aromatic carbocycles. The van der Waals surface area contributed by atoms with E-state index in [9.17, 15) is 22.8 Å². The standard InChI is InChI=1S/C23H18F3N3O4/c24-23(25,26)33-16-5-7-19-20(12-16)29-22(32)17-11-14(4-6-18(17)28-19)13-2-1-3-15(10-13)21(31)27-8-9-30/h1-7,10-12,28,30H,8-9H2,(H,27,31)(H,29,32). The van der Waals surface area contributed by atoms with E-state index in [1.807, 2.05) is 0 Å². The molecule has 1 aliphatic heterocycles. The molecule has 0 aliphatic carbocycles. The first-order valence-electron chi connectivity index (χ1n) is 9.85. The molecule has 0 bridgehead atoms. The molecule has 4 rings (SSSR count). The third-order valence-electron chi connectivity index (χ3n) is 4.86. The minimum atomic E-state index is -4.85. The van der Waals surface area contributed by atoms with Gasteiger partial charge in [-0.3, -0.25) is 9.59 Å². The first-order chi connectivity index (χ1) is 15.7. The lowest BCUT2D eigenvalue weighted by molar-refractivity contribution is -0.274. The molecule has 4 N–H and O–H groups in total. The van der Waals surface area contributed by atoms with Crippen LogP contribution in [0.25, 0.3) is 11.1 Å². The van der Waals surface area contributed by atoms with E-state index in [0.29, 0.717) is 28.1 Å². The van der Waals surface area contributed by atoms with Crippen molar-refractivity contribution >= 4 is 28.9 Å². The van der Waals surface area contributed by atoms with E-state index in [1.54, 1.807) is 42.5 Å².